The van der Waals surface area contributed by atoms with Crippen LogP contribution in [0.2, 0.25) is 0 Å². The number of thiocarbonyl (C=S) groups is 1. The molecular weight excluding hydrogens is 301 g/mol. The zero-order chi connectivity index (χ0) is 16.2. The van der Waals surface area contributed by atoms with Crippen molar-refractivity contribution in [2.75, 3.05) is 5.32 Å². The first-order valence-corrected chi connectivity index (χ1v) is 6.39. The minimum Gasteiger partial charge on any atom is -0.511 e. The highest BCUT2D eigenvalue weighted by atomic mass is 32.1. The van der Waals surface area contributed by atoms with Gasteiger partial charge in [-0.25, -0.2) is 0 Å². The number of benzene rings is 1. The molecule has 0 aromatic heterocycles. The van der Waals surface area contributed by atoms with E-state index in [1.807, 2.05) is 0 Å². The van der Waals surface area contributed by atoms with Gasteiger partial charge in [-0.1, -0.05) is 32.1 Å². The molecule has 0 unspecified atom stereocenters. The number of hydrogen-bond donors (Lipinski definition) is 2. The molecular formula is C14H13F3N2OS. The Morgan fingerprint density at radius 3 is 2.48 bits per heavy atom. The number of anilines is 1. The minimum absolute atomic E-state index is 0.0964. The molecule has 0 aliphatic heterocycles. The molecule has 0 heterocycles. The van der Waals surface area contributed by atoms with E-state index in [0.717, 1.165) is 12.1 Å². The minimum atomic E-state index is -4.47. The third-order valence-electron chi connectivity index (χ3n) is 2.59. The van der Waals surface area contributed by atoms with Crippen LogP contribution in [0.5, 0.6) is 0 Å². The Morgan fingerprint density at radius 1 is 1.38 bits per heavy atom. The Balaban J connectivity index is 3.05. The Hall–Kier alpha value is -2.07. The largest absolute Gasteiger partial charge is 0.511 e. The van der Waals surface area contributed by atoms with Gasteiger partial charge in [0.15, 0.2) is 0 Å². The van der Waals surface area contributed by atoms with E-state index in [1.54, 1.807) is 19.9 Å². The lowest BCUT2D eigenvalue weighted by molar-refractivity contribution is -0.137. The van der Waals surface area contributed by atoms with Gasteiger partial charge in [0.1, 0.15) is 22.4 Å². The number of nitrogens with one attached hydrogen (secondary N) is 1. The van der Waals surface area contributed by atoms with Gasteiger partial charge in [0.05, 0.1) is 5.56 Å². The standard InChI is InChI=1S/C14H13F3N2OS/c1-8(2)12(20)11(7-18)13(21)19-10-5-3-4-9(6-10)14(15,16)17/h3-6,8,20H,1-2H3,(H,19,21). The molecule has 0 aliphatic carbocycles. The predicted molar refractivity (Wildman–Crippen MR) is 77.8 cm³/mol. The van der Waals surface area contributed by atoms with Gasteiger partial charge in [-0.2, -0.15) is 18.4 Å². The summed E-state index contributed by atoms with van der Waals surface area (Å²) in [4.78, 5) is -0.122. The van der Waals surface area contributed by atoms with E-state index in [2.05, 4.69) is 5.32 Å². The summed E-state index contributed by atoms with van der Waals surface area (Å²) >= 11 is 4.96. The Kier molecular flexibility index (Phi) is 5.33. The summed E-state index contributed by atoms with van der Waals surface area (Å²) in [6.45, 7) is 3.33. The Morgan fingerprint density at radius 2 is 2.00 bits per heavy atom. The first kappa shape index (κ1) is 17.0. The molecule has 0 atom stereocenters. The number of halogens is 3. The van der Waals surface area contributed by atoms with Gasteiger partial charge in [-0.05, 0) is 18.2 Å². The molecule has 0 fully saturated rings. The van der Waals surface area contributed by atoms with Crippen molar-refractivity contribution in [3.8, 4) is 6.07 Å². The molecule has 0 saturated carbocycles. The molecule has 21 heavy (non-hydrogen) atoms. The molecule has 0 radical (unpaired) electrons. The second-order valence-electron chi connectivity index (χ2n) is 4.56. The average Bonchev–Trinajstić information content (AvgIpc) is 2.38. The molecule has 2 N–H and O–H groups in total. The highest BCUT2D eigenvalue weighted by molar-refractivity contribution is 7.81. The Bertz CT molecular complexity index is 615. The number of hydrogen-bond acceptors (Lipinski definition) is 3. The summed E-state index contributed by atoms with van der Waals surface area (Å²) in [5.74, 6) is -0.525. The number of nitrogens with zero attached hydrogens (tertiary/aromatic N) is 1. The molecule has 0 bridgehead atoms. The van der Waals surface area contributed by atoms with E-state index in [1.165, 1.54) is 12.1 Å². The van der Waals surface area contributed by atoms with Crippen LogP contribution in [0.25, 0.3) is 0 Å². The van der Waals surface area contributed by atoms with Crippen molar-refractivity contribution < 1.29 is 18.3 Å². The Labute approximate surface area is 125 Å². The van der Waals surface area contributed by atoms with Crippen molar-refractivity contribution in [3.05, 3.63) is 41.2 Å². The molecule has 3 nitrogen and oxygen atoms in total. The van der Waals surface area contributed by atoms with Crippen LogP contribution in [0.1, 0.15) is 19.4 Å². The number of aliphatic hydroxyl groups is 1. The third kappa shape index (κ3) is 4.46. The van der Waals surface area contributed by atoms with Crippen LogP contribution in [0, 0.1) is 17.2 Å². The van der Waals surface area contributed by atoms with Crippen molar-refractivity contribution in [1.82, 2.24) is 0 Å². The number of allylic oxidation sites excluding steroid dienone is 1. The van der Waals surface area contributed by atoms with Crippen LogP contribution < -0.4 is 5.32 Å². The van der Waals surface area contributed by atoms with Gasteiger partial charge in [0, 0.05) is 11.6 Å². The van der Waals surface area contributed by atoms with Crippen molar-refractivity contribution in [1.29, 1.82) is 5.26 Å². The van der Waals surface area contributed by atoms with E-state index < -0.39 is 11.7 Å². The number of aliphatic hydroxyl groups excluding tert-OH is 1. The van der Waals surface area contributed by atoms with Crippen LogP contribution in [-0.2, 0) is 6.18 Å². The maximum Gasteiger partial charge on any atom is 0.416 e. The summed E-state index contributed by atoms with van der Waals surface area (Å²) in [7, 11) is 0. The average molecular weight is 314 g/mol. The summed E-state index contributed by atoms with van der Waals surface area (Å²) in [5.41, 5.74) is -0.887. The topological polar surface area (TPSA) is 56.0 Å². The van der Waals surface area contributed by atoms with E-state index in [-0.39, 0.29) is 27.9 Å². The van der Waals surface area contributed by atoms with E-state index in [9.17, 15) is 18.3 Å². The van der Waals surface area contributed by atoms with Crippen LogP contribution in [0.15, 0.2) is 35.6 Å². The summed E-state index contributed by atoms with van der Waals surface area (Å²) in [5, 5.41) is 21.3. The van der Waals surface area contributed by atoms with Gasteiger partial charge in [-0.3, -0.25) is 0 Å². The highest BCUT2D eigenvalue weighted by Crippen LogP contribution is 2.30. The fourth-order valence-electron chi connectivity index (χ4n) is 1.48. The lowest BCUT2D eigenvalue weighted by atomic mass is 10.1. The van der Waals surface area contributed by atoms with Crippen LogP contribution in [0.3, 0.4) is 0 Å². The second-order valence-corrected chi connectivity index (χ2v) is 4.97. The van der Waals surface area contributed by atoms with Gasteiger partial charge in [-0.15, -0.1) is 0 Å². The van der Waals surface area contributed by atoms with E-state index >= 15 is 0 Å². The van der Waals surface area contributed by atoms with Crippen LogP contribution >= 0.6 is 12.2 Å². The molecule has 7 heteroatoms. The lowest BCUT2D eigenvalue weighted by Crippen LogP contribution is -2.15. The molecule has 0 saturated heterocycles. The maximum absolute atomic E-state index is 12.6. The molecule has 1 aromatic rings. The zero-order valence-corrected chi connectivity index (χ0v) is 12.1. The van der Waals surface area contributed by atoms with Gasteiger partial charge in [0.2, 0.25) is 0 Å². The third-order valence-corrected chi connectivity index (χ3v) is 2.90. The van der Waals surface area contributed by atoms with E-state index in [4.69, 9.17) is 17.5 Å². The molecule has 0 aliphatic rings. The highest BCUT2D eigenvalue weighted by Gasteiger charge is 2.30. The molecule has 1 aromatic carbocycles. The van der Waals surface area contributed by atoms with Crippen molar-refractivity contribution in [2.45, 2.75) is 20.0 Å². The quantitative estimate of drug-likeness (QED) is 0.375. The second kappa shape index (κ2) is 6.59. The van der Waals surface area contributed by atoms with E-state index in [0.29, 0.717) is 0 Å². The normalized spacial score (nSPS) is 12.6. The summed E-state index contributed by atoms with van der Waals surface area (Å²) in [6.07, 6.45) is -4.47. The van der Waals surface area contributed by atoms with Crippen molar-refractivity contribution >= 4 is 22.9 Å². The van der Waals surface area contributed by atoms with Crippen molar-refractivity contribution in [3.63, 3.8) is 0 Å². The summed E-state index contributed by atoms with van der Waals surface area (Å²) in [6, 6.07) is 6.19. The number of nitriles is 1. The smallest absolute Gasteiger partial charge is 0.416 e. The number of rotatable bonds is 3. The van der Waals surface area contributed by atoms with Gasteiger partial charge >= 0.3 is 6.18 Å². The number of alkyl halides is 3. The lowest BCUT2D eigenvalue weighted by Gasteiger charge is -2.12. The fourth-order valence-corrected chi connectivity index (χ4v) is 1.75. The first-order valence-electron chi connectivity index (χ1n) is 5.98. The van der Waals surface area contributed by atoms with Gasteiger partial charge in [0.25, 0.3) is 0 Å². The van der Waals surface area contributed by atoms with Gasteiger partial charge < -0.3 is 10.4 Å². The van der Waals surface area contributed by atoms with Crippen LogP contribution in [0.4, 0.5) is 18.9 Å². The maximum atomic E-state index is 12.6. The molecule has 1 rings (SSSR count). The fraction of sp³-hybridized carbons (Fsp3) is 0.286. The van der Waals surface area contributed by atoms with Crippen LogP contribution in [-0.4, -0.2) is 10.1 Å². The predicted octanol–water partition coefficient (Wildman–Crippen LogP) is 4.44. The molecule has 0 amide bonds. The first-order chi connectivity index (χ1) is 9.66. The molecule has 0 spiro atoms. The molecule has 112 valence electrons. The zero-order valence-electron chi connectivity index (χ0n) is 11.3. The SMILES string of the molecule is CC(C)C(O)=C(C#N)C(=S)Nc1cccc(C(F)(F)F)c1. The monoisotopic (exact) mass is 314 g/mol. The van der Waals surface area contributed by atoms with Crippen molar-refractivity contribution in [2.24, 2.45) is 5.92 Å². The summed E-state index contributed by atoms with van der Waals surface area (Å²) < 4.78 is 37.8.